The lowest BCUT2D eigenvalue weighted by Crippen LogP contribution is -2.37. The van der Waals surface area contributed by atoms with E-state index in [1.165, 1.54) is 22.8 Å². The van der Waals surface area contributed by atoms with E-state index >= 15 is 0 Å². The summed E-state index contributed by atoms with van der Waals surface area (Å²) in [4.78, 5) is 10.9. The van der Waals surface area contributed by atoms with Crippen molar-refractivity contribution in [1.82, 2.24) is 25.4 Å². The Morgan fingerprint density at radius 3 is 2.46 bits per heavy atom. The monoisotopic (exact) mass is 487 g/mol. The molecule has 1 aliphatic heterocycles. The third-order valence-electron chi connectivity index (χ3n) is 4.22. The van der Waals surface area contributed by atoms with Gasteiger partial charge in [-0.15, -0.1) is 24.0 Å². The van der Waals surface area contributed by atoms with Crippen molar-refractivity contribution in [1.29, 1.82) is 0 Å². The Morgan fingerprint density at radius 2 is 1.85 bits per heavy atom. The molecule has 1 aromatic carbocycles. The van der Waals surface area contributed by atoms with E-state index in [1.807, 2.05) is 18.8 Å². The van der Waals surface area contributed by atoms with E-state index in [-0.39, 0.29) is 24.0 Å². The van der Waals surface area contributed by atoms with Crippen LogP contribution in [0.15, 0.2) is 35.6 Å². The number of hydrogen-bond acceptors (Lipinski definition) is 5. The molecule has 2 N–H and O–H groups in total. The maximum absolute atomic E-state index is 4.25. The van der Waals surface area contributed by atoms with Gasteiger partial charge in [0.2, 0.25) is 0 Å². The fraction of sp³-hybridized carbons (Fsp3) is 0.471. The summed E-state index contributed by atoms with van der Waals surface area (Å²) in [7, 11) is 3.65. The Balaban J connectivity index is 0.00000243. The molecule has 2 aromatic rings. The number of guanidine groups is 1. The molecule has 2 heterocycles. The summed E-state index contributed by atoms with van der Waals surface area (Å²) in [5.41, 5.74) is 2.55. The molecule has 0 aliphatic carbocycles. The van der Waals surface area contributed by atoms with Crippen LogP contribution in [-0.4, -0.2) is 52.4 Å². The molecule has 0 radical (unpaired) electrons. The molecule has 0 bridgehead atoms. The van der Waals surface area contributed by atoms with Gasteiger partial charge in [-0.1, -0.05) is 12.1 Å². The standard InChI is InChI=1S/C17H25N7S.HI/c1-18-17(20-12-16-21-13-22-23(16)2)19-11-14-3-5-15(6-4-14)24-7-9-25-10-8-24;/h3-6,13H,7-12H2,1-2H3,(H2,18,19,20);1H. The van der Waals surface area contributed by atoms with Crippen LogP contribution in [0.2, 0.25) is 0 Å². The molecule has 7 nitrogen and oxygen atoms in total. The third-order valence-corrected chi connectivity index (χ3v) is 5.16. The first kappa shape index (κ1) is 20.8. The van der Waals surface area contributed by atoms with Crippen molar-refractivity contribution in [3.05, 3.63) is 42.0 Å². The number of anilines is 1. The molecule has 142 valence electrons. The van der Waals surface area contributed by atoms with Gasteiger partial charge in [0.1, 0.15) is 12.2 Å². The molecule has 0 spiro atoms. The summed E-state index contributed by atoms with van der Waals surface area (Å²) >= 11 is 2.03. The minimum absolute atomic E-state index is 0. The van der Waals surface area contributed by atoms with Gasteiger partial charge in [0.25, 0.3) is 0 Å². The second-order valence-corrected chi connectivity index (χ2v) is 7.07. The Morgan fingerprint density at radius 1 is 1.15 bits per heavy atom. The molecule has 9 heteroatoms. The smallest absolute Gasteiger partial charge is 0.191 e. The molecule has 1 aromatic heterocycles. The lowest BCUT2D eigenvalue weighted by atomic mass is 10.2. The van der Waals surface area contributed by atoms with Crippen LogP contribution in [0, 0.1) is 0 Å². The molecule has 0 amide bonds. The first-order valence-corrected chi connectivity index (χ1v) is 9.61. The lowest BCUT2D eigenvalue weighted by molar-refractivity contribution is 0.672. The van der Waals surface area contributed by atoms with Crippen molar-refractivity contribution in [2.45, 2.75) is 13.1 Å². The Kier molecular flexibility index (Phi) is 8.49. The molecule has 1 saturated heterocycles. The van der Waals surface area contributed by atoms with Gasteiger partial charge in [-0.3, -0.25) is 9.67 Å². The number of nitrogens with zero attached hydrogens (tertiary/aromatic N) is 5. The van der Waals surface area contributed by atoms with E-state index in [0.29, 0.717) is 6.54 Å². The van der Waals surface area contributed by atoms with Gasteiger partial charge in [0.15, 0.2) is 5.96 Å². The van der Waals surface area contributed by atoms with E-state index in [2.05, 4.69) is 54.9 Å². The van der Waals surface area contributed by atoms with Gasteiger partial charge in [-0.25, -0.2) is 4.98 Å². The van der Waals surface area contributed by atoms with E-state index in [9.17, 15) is 0 Å². The number of rotatable bonds is 5. The highest BCUT2D eigenvalue weighted by atomic mass is 127. The average Bonchev–Trinajstić information content (AvgIpc) is 3.08. The molecular formula is C17H26IN7S. The summed E-state index contributed by atoms with van der Waals surface area (Å²) < 4.78 is 1.75. The number of thioether (sulfide) groups is 1. The Hall–Kier alpha value is -1.49. The molecule has 3 rings (SSSR count). The van der Waals surface area contributed by atoms with Gasteiger partial charge in [-0.05, 0) is 17.7 Å². The average molecular weight is 487 g/mol. The molecule has 0 saturated carbocycles. The first-order valence-electron chi connectivity index (χ1n) is 8.45. The minimum Gasteiger partial charge on any atom is -0.370 e. The highest BCUT2D eigenvalue weighted by molar-refractivity contribution is 14.0. The summed E-state index contributed by atoms with van der Waals surface area (Å²) in [6, 6.07) is 8.78. The van der Waals surface area contributed by atoms with Crippen LogP contribution in [-0.2, 0) is 20.1 Å². The van der Waals surface area contributed by atoms with E-state index in [1.54, 1.807) is 18.1 Å². The Bertz CT molecular complexity index is 695. The van der Waals surface area contributed by atoms with Crippen LogP contribution < -0.4 is 15.5 Å². The largest absolute Gasteiger partial charge is 0.370 e. The number of aliphatic imine (C=N–C) groups is 1. The fourth-order valence-electron chi connectivity index (χ4n) is 2.70. The molecule has 26 heavy (non-hydrogen) atoms. The number of nitrogens with one attached hydrogen (secondary N) is 2. The summed E-state index contributed by atoms with van der Waals surface area (Å²) in [5.74, 6) is 4.06. The highest BCUT2D eigenvalue weighted by Gasteiger charge is 2.10. The maximum Gasteiger partial charge on any atom is 0.191 e. The quantitative estimate of drug-likeness (QED) is 0.381. The Labute approximate surface area is 176 Å². The van der Waals surface area contributed by atoms with Gasteiger partial charge >= 0.3 is 0 Å². The molecule has 0 unspecified atom stereocenters. The van der Waals surface area contributed by atoms with Crippen LogP contribution in [0.3, 0.4) is 0 Å². The van der Waals surface area contributed by atoms with Crippen LogP contribution in [0.1, 0.15) is 11.4 Å². The molecule has 1 fully saturated rings. The summed E-state index contributed by atoms with van der Waals surface area (Å²) in [5, 5.41) is 10.6. The molecule has 1 aliphatic rings. The van der Waals surface area contributed by atoms with E-state index in [0.717, 1.165) is 31.4 Å². The zero-order valence-corrected chi connectivity index (χ0v) is 18.3. The molecular weight excluding hydrogens is 461 g/mol. The number of aromatic nitrogens is 3. The number of hydrogen-bond donors (Lipinski definition) is 2. The third kappa shape index (κ3) is 5.76. The van der Waals surface area contributed by atoms with Crippen molar-refractivity contribution in [2.24, 2.45) is 12.0 Å². The predicted octanol–water partition coefficient (Wildman–Crippen LogP) is 1.85. The van der Waals surface area contributed by atoms with Gasteiger partial charge < -0.3 is 15.5 Å². The second-order valence-electron chi connectivity index (χ2n) is 5.85. The van der Waals surface area contributed by atoms with Crippen molar-refractivity contribution in [3.63, 3.8) is 0 Å². The maximum atomic E-state index is 4.25. The lowest BCUT2D eigenvalue weighted by Gasteiger charge is -2.28. The predicted molar refractivity (Wildman–Crippen MR) is 119 cm³/mol. The van der Waals surface area contributed by atoms with Gasteiger partial charge in [-0.2, -0.15) is 16.9 Å². The zero-order chi connectivity index (χ0) is 17.5. The molecule has 0 atom stereocenters. The van der Waals surface area contributed by atoms with Crippen LogP contribution >= 0.6 is 35.7 Å². The van der Waals surface area contributed by atoms with Crippen molar-refractivity contribution in [2.75, 3.05) is 36.5 Å². The second kappa shape index (κ2) is 10.6. The van der Waals surface area contributed by atoms with Crippen LogP contribution in [0.5, 0.6) is 0 Å². The fourth-order valence-corrected chi connectivity index (χ4v) is 3.60. The van der Waals surface area contributed by atoms with Crippen molar-refractivity contribution < 1.29 is 0 Å². The number of aryl methyl sites for hydroxylation is 1. The van der Waals surface area contributed by atoms with Gasteiger partial charge in [0, 0.05) is 50.9 Å². The SMILES string of the molecule is CN=C(NCc1ccc(N2CCSCC2)cc1)NCc1ncnn1C.I. The van der Waals surface area contributed by atoms with Gasteiger partial charge in [0.05, 0.1) is 6.54 Å². The van der Waals surface area contributed by atoms with E-state index in [4.69, 9.17) is 0 Å². The number of benzene rings is 1. The normalized spacial score (nSPS) is 14.7. The first-order chi connectivity index (χ1) is 12.3. The summed E-state index contributed by atoms with van der Waals surface area (Å²) in [6.45, 7) is 3.60. The zero-order valence-electron chi connectivity index (χ0n) is 15.2. The topological polar surface area (TPSA) is 70.4 Å². The number of halogens is 1. The minimum atomic E-state index is 0. The van der Waals surface area contributed by atoms with Crippen molar-refractivity contribution >= 4 is 47.4 Å². The van der Waals surface area contributed by atoms with E-state index < -0.39 is 0 Å². The van der Waals surface area contributed by atoms with Crippen LogP contribution in [0.4, 0.5) is 5.69 Å². The van der Waals surface area contributed by atoms with Crippen LogP contribution in [0.25, 0.3) is 0 Å². The summed E-state index contributed by atoms with van der Waals surface area (Å²) in [6.07, 6.45) is 1.55. The highest BCUT2D eigenvalue weighted by Crippen LogP contribution is 2.19. The van der Waals surface area contributed by atoms with Crippen molar-refractivity contribution in [3.8, 4) is 0 Å².